The first-order valence-electron chi connectivity index (χ1n) is 6.52. The topological polar surface area (TPSA) is 37.4 Å². The molecule has 0 N–H and O–H groups in total. The van der Waals surface area contributed by atoms with Crippen molar-refractivity contribution in [2.24, 2.45) is 0 Å². The maximum Gasteiger partial charge on any atom is 0.254 e. The molecule has 0 fully saturated rings. The second kappa shape index (κ2) is 6.15. The van der Waals surface area contributed by atoms with Gasteiger partial charge in [-0.3, -0.25) is 9.59 Å². The van der Waals surface area contributed by atoms with Gasteiger partial charge in [0.2, 0.25) is 0 Å². The van der Waals surface area contributed by atoms with Crippen LogP contribution in [0.25, 0.3) is 0 Å². The molecule has 0 aromatic heterocycles. The minimum atomic E-state index is -0.495. The van der Waals surface area contributed by atoms with Gasteiger partial charge in [0.15, 0.2) is 5.78 Å². The molecule has 0 aliphatic rings. The van der Waals surface area contributed by atoms with Crippen molar-refractivity contribution in [2.75, 3.05) is 7.05 Å². The quantitative estimate of drug-likeness (QED) is 0.798. The molecule has 20 heavy (non-hydrogen) atoms. The number of hydrogen-bond donors (Lipinski definition) is 0. The standard InChI is InChI=1S/C17H17NO2/c1-13(16(19)14-9-5-3-6-10-14)18(2)17(20)15-11-7-4-8-12-15/h3-13H,1-2H3. The first-order valence-corrected chi connectivity index (χ1v) is 6.52. The van der Waals surface area contributed by atoms with Crippen molar-refractivity contribution in [1.29, 1.82) is 0 Å². The third kappa shape index (κ3) is 2.94. The summed E-state index contributed by atoms with van der Waals surface area (Å²) in [6.07, 6.45) is 0. The maximum absolute atomic E-state index is 12.3. The minimum Gasteiger partial charge on any atom is -0.332 e. The number of nitrogens with zero attached hydrogens (tertiary/aromatic N) is 1. The fourth-order valence-corrected chi connectivity index (χ4v) is 1.98. The molecule has 3 heteroatoms. The van der Waals surface area contributed by atoms with E-state index in [1.807, 2.05) is 36.4 Å². The molecule has 0 spiro atoms. The van der Waals surface area contributed by atoms with E-state index in [-0.39, 0.29) is 11.7 Å². The Labute approximate surface area is 118 Å². The van der Waals surface area contributed by atoms with Gasteiger partial charge in [-0.1, -0.05) is 48.5 Å². The second-order valence-corrected chi connectivity index (χ2v) is 4.69. The van der Waals surface area contributed by atoms with Crippen LogP contribution in [-0.2, 0) is 0 Å². The molecule has 1 atom stereocenters. The molecule has 0 aliphatic carbocycles. The summed E-state index contributed by atoms with van der Waals surface area (Å²) in [5, 5.41) is 0. The molecule has 0 heterocycles. The predicted molar refractivity (Wildman–Crippen MR) is 78.8 cm³/mol. The molecule has 102 valence electrons. The molecule has 0 radical (unpaired) electrons. The third-order valence-electron chi connectivity index (χ3n) is 3.36. The molecule has 1 amide bonds. The predicted octanol–water partition coefficient (Wildman–Crippen LogP) is 3.03. The van der Waals surface area contributed by atoms with E-state index in [1.165, 1.54) is 4.90 Å². The zero-order valence-corrected chi connectivity index (χ0v) is 11.6. The second-order valence-electron chi connectivity index (χ2n) is 4.69. The van der Waals surface area contributed by atoms with Crippen molar-refractivity contribution >= 4 is 11.7 Å². The summed E-state index contributed by atoms with van der Waals surface area (Å²) in [5.74, 6) is -0.209. The summed E-state index contributed by atoms with van der Waals surface area (Å²) in [6.45, 7) is 1.75. The summed E-state index contributed by atoms with van der Waals surface area (Å²) in [6, 6.07) is 17.5. The zero-order chi connectivity index (χ0) is 14.5. The van der Waals surface area contributed by atoms with Crippen LogP contribution in [-0.4, -0.2) is 29.7 Å². The molecular formula is C17H17NO2. The van der Waals surface area contributed by atoms with E-state index in [0.717, 1.165) is 0 Å². The summed E-state index contributed by atoms with van der Waals surface area (Å²) >= 11 is 0. The van der Waals surface area contributed by atoms with Gasteiger partial charge in [-0.05, 0) is 19.1 Å². The largest absolute Gasteiger partial charge is 0.332 e. The van der Waals surface area contributed by atoms with Crippen molar-refractivity contribution < 1.29 is 9.59 Å². The van der Waals surface area contributed by atoms with Crippen molar-refractivity contribution in [3.05, 3.63) is 71.8 Å². The first-order chi connectivity index (χ1) is 9.61. The van der Waals surface area contributed by atoms with Crippen molar-refractivity contribution in [3.8, 4) is 0 Å². The highest BCUT2D eigenvalue weighted by atomic mass is 16.2. The van der Waals surface area contributed by atoms with Crippen LogP contribution in [0, 0.1) is 0 Å². The Balaban J connectivity index is 2.15. The van der Waals surface area contributed by atoms with Gasteiger partial charge in [-0.15, -0.1) is 0 Å². The Morgan fingerprint density at radius 1 is 0.850 bits per heavy atom. The van der Waals surface area contributed by atoms with E-state index in [0.29, 0.717) is 11.1 Å². The van der Waals surface area contributed by atoms with E-state index in [2.05, 4.69) is 0 Å². The number of carbonyl (C=O) groups excluding carboxylic acids is 2. The van der Waals surface area contributed by atoms with Gasteiger partial charge in [-0.25, -0.2) is 0 Å². The fourth-order valence-electron chi connectivity index (χ4n) is 1.98. The van der Waals surface area contributed by atoms with Crippen LogP contribution in [0.15, 0.2) is 60.7 Å². The van der Waals surface area contributed by atoms with Crippen LogP contribution in [0.3, 0.4) is 0 Å². The fraction of sp³-hybridized carbons (Fsp3) is 0.176. The number of amides is 1. The zero-order valence-electron chi connectivity index (χ0n) is 11.6. The summed E-state index contributed by atoms with van der Waals surface area (Å²) < 4.78 is 0. The number of hydrogen-bond acceptors (Lipinski definition) is 2. The molecular weight excluding hydrogens is 250 g/mol. The highest BCUT2D eigenvalue weighted by molar-refractivity contribution is 6.03. The van der Waals surface area contributed by atoms with Gasteiger partial charge >= 0.3 is 0 Å². The van der Waals surface area contributed by atoms with Gasteiger partial charge < -0.3 is 4.90 Å². The molecule has 0 saturated carbocycles. The highest BCUT2D eigenvalue weighted by Gasteiger charge is 2.23. The molecule has 2 aromatic rings. The van der Waals surface area contributed by atoms with Crippen LogP contribution < -0.4 is 0 Å². The van der Waals surface area contributed by atoms with Crippen LogP contribution in [0.5, 0.6) is 0 Å². The number of benzene rings is 2. The summed E-state index contributed by atoms with van der Waals surface area (Å²) in [5.41, 5.74) is 1.20. The number of carbonyl (C=O) groups is 2. The van der Waals surface area contributed by atoms with E-state index >= 15 is 0 Å². The number of Topliss-reactive ketones (excluding diaryl/α,β-unsaturated/α-hetero) is 1. The minimum absolute atomic E-state index is 0.0580. The Morgan fingerprint density at radius 3 is 1.80 bits per heavy atom. The lowest BCUT2D eigenvalue weighted by Gasteiger charge is -2.24. The van der Waals surface area contributed by atoms with Crippen LogP contribution in [0.4, 0.5) is 0 Å². The van der Waals surface area contributed by atoms with Crippen molar-refractivity contribution in [2.45, 2.75) is 13.0 Å². The average molecular weight is 267 g/mol. The lowest BCUT2D eigenvalue weighted by molar-refractivity contribution is 0.0675. The summed E-state index contributed by atoms with van der Waals surface area (Å²) in [7, 11) is 1.65. The van der Waals surface area contributed by atoms with Gasteiger partial charge in [0.25, 0.3) is 5.91 Å². The third-order valence-corrected chi connectivity index (χ3v) is 3.36. The Kier molecular flexibility index (Phi) is 4.31. The average Bonchev–Trinajstić information content (AvgIpc) is 2.53. The SMILES string of the molecule is CC(C(=O)c1ccccc1)N(C)C(=O)c1ccccc1. The van der Waals surface area contributed by atoms with E-state index in [9.17, 15) is 9.59 Å². The molecule has 1 unspecified atom stereocenters. The van der Waals surface area contributed by atoms with Gasteiger partial charge in [0.05, 0.1) is 6.04 Å². The molecule has 0 saturated heterocycles. The van der Waals surface area contributed by atoms with E-state index in [1.54, 1.807) is 38.2 Å². The smallest absolute Gasteiger partial charge is 0.254 e. The number of rotatable bonds is 4. The lowest BCUT2D eigenvalue weighted by Crippen LogP contribution is -2.40. The molecule has 2 rings (SSSR count). The van der Waals surface area contributed by atoms with E-state index < -0.39 is 6.04 Å². The number of likely N-dealkylation sites (N-methyl/N-ethyl adjacent to an activating group) is 1. The monoisotopic (exact) mass is 267 g/mol. The number of ketones is 1. The van der Waals surface area contributed by atoms with E-state index in [4.69, 9.17) is 0 Å². The Hall–Kier alpha value is -2.42. The Morgan fingerprint density at radius 2 is 1.30 bits per heavy atom. The van der Waals surface area contributed by atoms with Crippen LogP contribution in [0.2, 0.25) is 0 Å². The highest BCUT2D eigenvalue weighted by Crippen LogP contribution is 2.11. The summed E-state index contributed by atoms with van der Waals surface area (Å²) in [4.78, 5) is 26.1. The van der Waals surface area contributed by atoms with Gasteiger partial charge in [0, 0.05) is 18.2 Å². The molecule has 0 aliphatic heterocycles. The molecule has 2 aromatic carbocycles. The van der Waals surface area contributed by atoms with Crippen molar-refractivity contribution in [3.63, 3.8) is 0 Å². The van der Waals surface area contributed by atoms with Gasteiger partial charge in [-0.2, -0.15) is 0 Å². The van der Waals surface area contributed by atoms with Crippen molar-refractivity contribution in [1.82, 2.24) is 4.90 Å². The van der Waals surface area contributed by atoms with Crippen LogP contribution >= 0.6 is 0 Å². The maximum atomic E-state index is 12.3. The normalized spacial score (nSPS) is 11.7. The van der Waals surface area contributed by atoms with Crippen LogP contribution in [0.1, 0.15) is 27.6 Å². The molecule has 3 nitrogen and oxygen atoms in total. The molecule has 0 bridgehead atoms. The lowest BCUT2D eigenvalue weighted by atomic mass is 10.0. The Bertz CT molecular complexity index is 537. The van der Waals surface area contributed by atoms with Gasteiger partial charge in [0.1, 0.15) is 0 Å². The first kappa shape index (κ1) is 14.0.